The number of amides is 3. The van der Waals surface area contributed by atoms with Gasteiger partial charge in [-0.3, -0.25) is 9.69 Å². The molecule has 3 aromatic carbocycles. The maximum atomic E-state index is 14.1. The molecule has 2 aliphatic heterocycles. The van der Waals surface area contributed by atoms with Gasteiger partial charge in [-0.2, -0.15) is 4.98 Å². The normalized spacial score (nSPS) is 15.5. The molecule has 3 heterocycles. The molecule has 1 unspecified atom stereocenters. The molecule has 224 valence electrons. The lowest BCUT2D eigenvalue weighted by Crippen LogP contribution is -2.47. The van der Waals surface area contributed by atoms with Gasteiger partial charge in [0.25, 0.3) is 5.91 Å². The molecule has 6 rings (SSSR count). The number of aromatic nitrogens is 2. The summed E-state index contributed by atoms with van der Waals surface area (Å²) in [6.45, 7) is 0.851. The SMILES string of the molecule is COc1ccc(N2Cc3cnc(N4C(=O)C(CCCCN)Nc5ccccc54)nc3N(c3ccccc3)C2=O)cc1.Cl.Cl. The molecule has 1 aromatic heterocycles. The van der Waals surface area contributed by atoms with Crippen molar-refractivity contribution < 1.29 is 14.3 Å². The molecule has 0 radical (unpaired) electrons. The molecular formula is C31H33Cl2N7O3. The molecule has 3 amide bonds. The molecule has 0 aliphatic carbocycles. The van der Waals surface area contributed by atoms with E-state index in [1.54, 1.807) is 28.0 Å². The van der Waals surface area contributed by atoms with Crippen molar-refractivity contribution in [2.24, 2.45) is 5.73 Å². The van der Waals surface area contributed by atoms with E-state index in [-0.39, 0.29) is 49.2 Å². The molecule has 2 aliphatic rings. The maximum Gasteiger partial charge on any atom is 0.335 e. The van der Waals surface area contributed by atoms with E-state index in [4.69, 9.17) is 15.5 Å². The second-order valence-corrected chi connectivity index (χ2v) is 9.93. The first-order chi connectivity index (χ1) is 20.1. The molecule has 0 bridgehead atoms. The van der Waals surface area contributed by atoms with Crippen LogP contribution in [0.3, 0.4) is 0 Å². The number of carbonyl (C=O) groups excluding carboxylic acids is 2. The number of nitrogens with one attached hydrogen (secondary N) is 1. The molecule has 12 heteroatoms. The van der Waals surface area contributed by atoms with Gasteiger partial charge in [-0.25, -0.2) is 19.6 Å². The van der Waals surface area contributed by atoms with Gasteiger partial charge in [0.1, 0.15) is 11.8 Å². The number of hydrogen-bond acceptors (Lipinski definition) is 7. The first kappa shape index (κ1) is 31.6. The molecule has 10 nitrogen and oxygen atoms in total. The molecule has 3 N–H and O–H groups in total. The lowest BCUT2D eigenvalue weighted by atomic mass is 10.0. The van der Waals surface area contributed by atoms with Crippen LogP contribution < -0.4 is 30.5 Å². The zero-order chi connectivity index (χ0) is 28.3. The Morgan fingerprint density at radius 3 is 2.35 bits per heavy atom. The Morgan fingerprint density at radius 2 is 1.63 bits per heavy atom. The lowest BCUT2D eigenvalue weighted by Gasteiger charge is -2.37. The Hall–Kier alpha value is -4.38. The van der Waals surface area contributed by atoms with Gasteiger partial charge in [-0.15, -0.1) is 24.8 Å². The van der Waals surface area contributed by atoms with Crippen LogP contribution >= 0.6 is 24.8 Å². The Kier molecular flexibility index (Phi) is 10.1. The van der Waals surface area contributed by atoms with Crippen molar-refractivity contribution in [2.75, 3.05) is 33.7 Å². The van der Waals surface area contributed by atoms with Crippen molar-refractivity contribution in [1.29, 1.82) is 0 Å². The Labute approximate surface area is 262 Å². The Morgan fingerprint density at radius 1 is 0.907 bits per heavy atom. The Bertz CT molecular complexity index is 1570. The predicted molar refractivity (Wildman–Crippen MR) is 174 cm³/mol. The number of anilines is 6. The van der Waals surface area contributed by atoms with E-state index in [1.165, 1.54) is 0 Å². The van der Waals surface area contributed by atoms with Crippen molar-refractivity contribution in [2.45, 2.75) is 31.8 Å². The molecule has 4 aromatic rings. The van der Waals surface area contributed by atoms with Crippen LogP contribution in [-0.4, -0.2) is 41.6 Å². The van der Waals surface area contributed by atoms with Gasteiger partial charge in [-0.05, 0) is 74.3 Å². The first-order valence-electron chi connectivity index (χ1n) is 13.7. The summed E-state index contributed by atoms with van der Waals surface area (Å²) in [5.74, 6) is 1.22. The zero-order valence-electron chi connectivity index (χ0n) is 23.6. The van der Waals surface area contributed by atoms with Crippen molar-refractivity contribution in [3.05, 3.63) is 90.6 Å². The van der Waals surface area contributed by atoms with E-state index in [0.29, 0.717) is 35.9 Å². The number of urea groups is 1. The zero-order valence-corrected chi connectivity index (χ0v) is 25.2. The highest BCUT2D eigenvalue weighted by molar-refractivity contribution is 6.11. The lowest BCUT2D eigenvalue weighted by molar-refractivity contribution is -0.119. The smallest absolute Gasteiger partial charge is 0.335 e. The van der Waals surface area contributed by atoms with Gasteiger partial charge in [0, 0.05) is 17.4 Å². The van der Waals surface area contributed by atoms with Crippen LogP contribution in [0.25, 0.3) is 0 Å². The van der Waals surface area contributed by atoms with Gasteiger partial charge in [0.15, 0.2) is 5.82 Å². The van der Waals surface area contributed by atoms with Crippen LogP contribution in [0.1, 0.15) is 24.8 Å². The highest BCUT2D eigenvalue weighted by Gasteiger charge is 2.38. The van der Waals surface area contributed by atoms with Crippen LogP contribution in [0.2, 0.25) is 0 Å². The summed E-state index contributed by atoms with van der Waals surface area (Å²) in [5, 5.41) is 3.37. The van der Waals surface area contributed by atoms with Crippen LogP contribution in [-0.2, 0) is 11.3 Å². The van der Waals surface area contributed by atoms with Crippen LogP contribution in [0, 0.1) is 0 Å². The van der Waals surface area contributed by atoms with E-state index in [1.807, 2.05) is 78.9 Å². The average molecular weight is 623 g/mol. The van der Waals surface area contributed by atoms with E-state index in [9.17, 15) is 9.59 Å². The number of ether oxygens (including phenoxy) is 1. The second kappa shape index (κ2) is 13.7. The van der Waals surface area contributed by atoms with Gasteiger partial charge in [0.05, 0.1) is 30.7 Å². The summed E-state index contributed by atoms with van der Waals surface area (Å²) in [6.07, 6.45) is 3.99. The summed E-state index contributed by atoms with van der Waals surface area (Å²) in [5.41, 5.74) is 9.32. The predicted octanol–water partition coefficient (Wildman–Crippen LogP) is 6.19. The minimum Gasteiger partial charge on any atom is -0.497 e. The maximum absolute atomic E-state index is 14.1. The van der Waals surface area contributed by atoms with Crippen LogP contribution in [0.5, 0.6) is 5.75 Å². The van der Waals surface area contributed by atoms with Crippen LogP contribution in [0.15, 0.2) is 85.1 Å². The third-order valence-electron chi connectivity index (χ3n) is 7.33. The number of benzene rings is 3. The van der Waals surface area contributed by atoms with E-state index < -0.39 is 6.04 Å². The third-order valence-corrected chi connectivity index (χ3v) is 7.33. The number of carbonyl (C=O) groups is 2. The van der Waals surface area contributed by atoms with Crippen molar-refractivity contribution in [3.63, 3.8) is 0 Å². The monoisotopic (exact) mass is 621 g/mol. The highest BCUT2D eigenvalue weighted by atomic mass is 35.5. The molecule has 0 saturated heterocycles. The van der Waals surface area contributed by atoms with E-state index in [2.05, 4.69) is 10.3 Å². The second-order valence-electron chi connectivity index (χ2n) is 9.93. The van der Waals surface area contributed by atoms with E-state index in [0.717, 1.165) is 29.8 Å². The summed E-state index contributed by atoms with van der Waals surface area (Å²) in [4.78, 5) is 42.2. The number of rotatable bonds is 8. The molecule has 1 atom stereocenters. The number of hydrogen-bond donors (Lipinski definition) is 2. The summed E-state index contributed by atoms with van der Waals surface area (Å²) < 4.78 is 5.29. The number of unbranched alkanes of at least 4 members (excludes halogenated alkanes) is 1. The number of para-hydroxylation sites is 3. The standard InChI is InChI=1S/C31H31N7O3.2ClH/c1-41-24-16-14-22(15-17-24)36-20-21-19-33-30(35-28(21)37(31(36)40)23-9-3-2-4-10-23)38-27-13-6-5-11-25(27)34-26(29(38)39)12-7-8-18-32;;/h2-6,9-11,13-17,19,26,34H,7-8,12,18,20,32H2,1H3;2*1H. The fourth-order valence-electron chi connectivity index (χ4n) is 5.23. The quantitative estimate of drug-likeness (QED) is 0.225. The van der Waals surface area contributed by atoms with Crippen molar-refractivity contribution in [3.8, 4) is 5.75 Å². The molecule has 43 heavy (non-hydrogen) atoms. The topological polar surface area (TPSA) is 117 Å². The van der Waals surface area contributed by atoms with Gasteiger partial charge >= 0.3 is 6.03 Å². The average Bonchev–Trinajstić information content (AvgIpc) is 3.01. The van der Waals surface area contributed by atoms with E-state index >= 15 is 0 Å². The number of nitrogens with two attached hydrogens (primary N) is 1. The van der Waals surface area contributed by atoms with Gasteiger partial charge < -0.3 is 15.8 Å². The summed E-state index contributed by atoms with van der Waals surface area (Å²) in [7, 11) is 1.60. The minimum absolute atomic E-state index is 0. The fourth-order valence-corrected chi connectivity index (χ4v) is 5.23. The van der Waals surface area contributed by atoms with Gasteiger partial charge in [0.2, 0.25) is 5.95 Å². The number of fused-ring (bicyclic) bond motifs is 2. The fraction of sp³-hybridized carbons (Fsp3) is 0.226. The largest absolute Gasteiger partial charge is 0.497 e. The van der Waals surface area contributed by atoms with Gasteiger partial charge in [-0.1, -0.05) is 30.3 Å². The Balaban J connectivity index is 0.00000212. The summed E-state index contributed by atoms with van der Waals surface area (Å²) in [6, 6.07) is 23.6. The van der Waals surface area contributed by atoms with Crippen molar-refractivity contribution >= 4 is 71.3 Å². The number of halogens is 2. The summed E-state index contributed by atoms with van der Waals surface area (Å²) >= 11 is 0. The first-order valence-corrected chi connectivity index (χ1v) is 13.7. The highest BCUT2D eigenvalue weighted by Crippen LogP contribution is 2.40. The minimum atomic E-state index is -0.437. The van der Waals surface area contributed by atoms with Crippen LogP contribution in [0.4, 0.5) is 39.3 Å². The molecule has 0 spiro atoms. The molecule has 0 fully saturated rings. The third kappa shape index (κ3) is 6.08. The number of nitrogens with zero attached hydrogens (tertiary/aromatic N) is 5. The number of methoxy groups -OCH3 is 1. The van der Waals surface area contributed by atoms with Crippen molar-refractivity contribution in [1.82, 2.24) is 9.97 Å². The molecule has 0 saturated carbocycles. The molecular weight excluding hydrogens is 589 g/mol.